The number of rotatable bonds is 4. The van der Waals surface area contributed by atoms with Crippen LogP contribution in [-0.4, -0.2) is 11.1 Å². The van der Waals surface area contributed by atoms with E-state index in [1.165, 1.54) is 6.07 Å². The minimum Gasteiger partial charge on any atom is -0.481 e. The number of aliphatic carboxylic acids is 1. The van der Waals surface area contributed by atoms with Gasteiger partial charge in [-0.3, -0.25) is 4.79 Å². The van der Waals surface area contributed by atoms with Crippen molar-refractivity contribution in [2.45, 2.75) is 32.7 Å². The van der Waals surface area contributed by atoms with Gasteiger partial charge in [-0.25, -0.2) is 4.39 Å². The molecule has 0 heterocycles. The highest BCUT2D eigenvalue weighted by Gasteiger charge is 2.16. The topological polar surface area (TPSA) is 63.3 Å². The van der Waals surface area contributed by atoms with Crippen molar-refractivity contribution >= 4 is 5.97 Å². The molecule has 0 amide bonds. The van der Waals surface area contributed by atoms with Crippen molar-refractivity contribution in [2.75, 3.05) is 0 Å². The summed E-state index contributed by atoms with van der Waals surface area (Å²) < 4.78 is 13.6. The lowest BCUT2D eigenvalue weighted by Gasteiger charge is -2.16. The summed E-state index contributed by atoms with van der Waals surface area (Å²) in [6.45, 7) is 3.68. The molecule has 0 saturated carbocycles. The smallest absolute Gasteiger partial charge is 0.303 e. The van der Waals surface area contributed by atoms with Crippen LogP contribution in [0, 0.1) is 19.7 Å². The van der Waals surface area contributed by atoms with Gasteiger partial charge in [0.2, 0.25) is 0 Å². The van der Waals surface area contributed by atoms with Crippen LogP contribution in [-0.2, 0) is 4.79 Å². The zero-order valence-corrected chi connectivity index (χ0v) is 9.46. The third-order valence-electron chi connectivity index (χ3n) is 2.77. The van der Waals surface area contributed by atoms with E-state index < -0.39 is 12.0 Å². The molecule has 3 N–H and O–H groups in total. The van der Waals surface area contributed by atoms with Gasteiger partial charge >= 0.3 is 5.97 Å². The molecule has 0 aliphatic carbocycles. The fourth-order valence-corrected chi connectivity index (χ4v) is 1.68. The summed E-state index contributed by atoms with van der Waals surface area (Å²) >= 11 is 0. The van der Waals surface area contributed by atoms with E-state index in [4.69, 9.17) is 10.8 Å². The Morgan fingerprint density at radius 1 is 1.50 bits per heavy atom. The van der Waals surface area contributed by atoms with E-state index in [-0.39, 0.29) is 18.7 Å². The van der Waals surface area contributed by atoms with Crippen LogP contribution in [0.25, 0.3) is 0 Å². The second kappa shape index (κ2) is 5.07. The maximum atomic E-state index is 13.6. The zero-order chi connectivity index (χ0) is 12.3. The molecule has 0 saturated heterocycles. The number of hydrogen-bond acceptors (Lipinski definition) is 2. The van der Waals surface area contributed by atoms with Gasteiger partial charge in [0.05, 0.1) is 0 Å². The molecule has 3 nitrogen and oxygen atoms in total. The average Bonchev–Trinajstić information content (AvgIpc) is 2.21. The standard InChI is InChI=1S/C12H16FNO2/c1-7-3-4-9(13)12(8(7)2)10(14)5-6-11(15)16/h3-4,10H,5-6,14H2,1-2H3,(H,15,16). The molecule has 0 aromatic heterocycles. The first-order valence-electron chi connectivity index (χ1n) is 5.16. The molecule has 0 radical (unpaired) electrons. The minimum atomic E-state index is -0.916. The zero-order valence-electron chi connectivity index (χ0n) is 9.46. The van der Waals surface area contributed by atoms with E-state index in [2.05, 4.69) is 0 Å². The van der Waals surface area contributed by atoms with Crippen molar-refractivity contribution in [1.82, 2.24) is 0 Å². The molecular weight excluding hydrogens is 209 g/mol. The summed E-state index contributed by atoms with van der Waals surface area (Å²) in [6, 6.07) is 2.51. The highest BCUT2D eigenvalue weighted by atomic mass is 19.1. The Morgan fingerprint density at radius 3 is 2.69 bits per heavy atom. The van der Waals surface area contributed by atoms with Gasteiger partial charge in [0, 0.05) is 18.0 Å². The Bertz CT molecular complexity index is 404. The fourth-order valence-electron chi connectivity index (χ4n) is 1.68. The predicted octanol–water partition coefficient (Wildman–Crippen LogP) is 2.31. The highest BCUT2D eigenvalue weighted by molar-refractivity contribution is 5.66. The number of carbonyl (C=O) groups is 1. The molecule has 0 aliphatic rings. The van der Waals surface area contributed by atoms with E-state index in [9.17, 15) is 9.18 Å². The molecular formula is C12H16FNO2. The largest absolute Gasteiger partial charge is 0.481 e. The van der Waals surface area contributed by atoms with Crippen molar-refractivity contribution in [3.63, 3.8) is 0 Å². The van der Waals surface area contributed by atoms with Gasteiger partial charge in [-0.2, -0.15) is 0 Å². The lowest BCUT2D eigenvalue weighted by atomic mass is 9.94. The summed E-state index contributed by atoms with van der Waals surface area (Å²) in [5, 5.41) is 8.55. The molecule has 0 spiro atoms. The molecule has 1 unspecified atom stereocenters. The van der Waals surface area contributed by atoms with Crippen LogP contribution in [0.3, 0.4) is 0 Å². The van der Waals surface area contributed by atoms with Gasteiger partial charge in [-0.15, -0.1) is 0 Å². The molecule has 0 bridgehead atoms. The van der Waals surface area contributed by atoms with Crippen LogP contribution in [0.5, 0.6) is 0 Å². The minimum absolute atomic E-state index is 0.0476. The summed E-state index contributed by atoms with van der Waals surface area (Å²) in [7, 11) is 0. The average molecular weight is 225 g/mol. The van der Waals surface area contributed by atoms with Gasteiger partial charge in [0.1, 0.15) is 5.82 Å². The monoisotopic (exact) mass is 225 g/mol. The van der Waals surface area contributed by atoms with E-state index in [0.29, 0.717) is 5.56 Å². The Labute approximate surface area is 94.1 Å². The molecule has 88 valence electrons. The Balaban J connectivity index is 2.94. The maximum Gasteiger partial charge on any atom is 0.303 e. The first kappa shape index (κ1) is 12.6. The van der Waals surface area contributed by atoms with Gasteiger partial charge < -0.3 is 10.8 Å². The van der Waals surface area contributed by atoms with Gasteiger partial charge in [-0.05, 0) is 37.5 Å². The van der Waals surface area contributed by atoms with Gasteiger partial charge in [0.15, 0.2) is 0 Å². The van der Waals surface area contributed by atoms with Crippen LogP contribution in [0.15, 0.2) is 12.1 Å². The SMILES string of the molecule is Cc1ccc(F)c(C(N)CCC(=O)O)c1C. The molecule has 1 atom stereocenters. The third kappa shape index (κ3) is 2.79. The number of hydrogen-bond donors (Lipinski definition) is 2. The second-order valence-electron chi connectivity index (χ2n) is 3.94. The van der Waals surface area contributed by atoms with Crippen molar-refractivity contribution in [3.05, 3.63) is 34.6 Å². The fraction of sp³-hybridized carbons (Fsp3) is 0.417. The number of halogens is 1. The Morgan fingerprint density at radius 2 is 2.12 bits per heavy atom. The first-order valence-corrected chi connectivity index (χ1v) is 5.16. The van der Waals surface area contributed by atoms with E-state index >= 15 is 0 Å². The van der Waals surface area contributed by atoms with E-state index in [1.54, 1.807) is 13.0 Å². The Hall–Kier alpha value is -1.42. The van der Waals surface area contributed by atoms with E-state index in [1.807, 2.05) is 6.92 Å². The third-order valence-corrected chi connectivity index (χ3v) is 2.77. The molecule has 1 rings (SSSR count). The number of carboxylic acids is 1. The molecule has 1 aromatic carbocycles. The number of nitrogens with two attached hydrogens (primary N) is 1. The summed E-state index contributed by atoms with van der Waals surface area (Å²) in [5.74, 6) is -1.28. The summed E-state index contributed by atoms with van der Waals surface area (Å²) in [5.41, 5.74) is 8.01. The summed E-state index contributed by atoms with van der Waals surface area (Å²) in [4.78, 5) is 10.4. The number of carboxylic acid groups (broad SMARTS) is 1. The lowest BCUT2D eigenvalue weighted by Crippen LogP contribution is -2.16. The molecule has 0 aliphatic heterocycles. The molecule has 1 aromatic rings. The first-order chi connectivity index (χ1) is 7.43. The lowest BCUT2D eigenvalue weighted by molar-refractivity contribution is -0.137. The summed E-state index contributed by atoms with van der Waals surface area (Å²) in [6.07, 6.45) is 0.199. The number of aryl methyl sites for hydroxylation is 1. The predicted molar refractivity (Wildman–Crippen MR) is 59.7 cm³/mol. The maximum absolute atomic E-state index is 13.6. The molecule has 16 heavy (non-hydrogen) atoms. The van der Waals surface area contributed by atoms with Crippen LogP contribution >= 0.6 is 0 Å². The van der Waals surface area contributed by atoms with Crippen molar-refractivity contribution in [2.24, 2.45) is 5.73 Å². The normalized spacial score (nSPS) is 12.5. The molecule has 4 heteroatoms. The van der Waals surface area contributed by atoms with Crippen LogP contribution in [0.2, 0.25) is 0 Å². The van der Waals surface area contributed by atoms with Crippen molar-refractivity contribution in [3.8, 4) is 0 Å². The second-order valence-corrected chi connectivity index (χ2v) is 3.94. The van der Waals surface area contributed by atoms with Crippen LogP contribution < -0.4 is 5.73 Å². The van der Waals surface area contributed by atoms with Crippen LogP contribution in [0.1, 0.15) is 35.6 Å². The van der Waals surface area contributed by atoms with Crippen molar-refractivity contribution in [1.29, 1.82) is 0 Å². The van der Waals surface area contributed by atoms with Crippen molar-refractivity contribution < 1.29 is 14.3 Å². The molecule has 0 fully saturated rings. The van der Waals surface area contributed by atoms with Gasteiger partial charge in [-0.1, -0.05) is 6.07 Å². The number of benzene rings is 1. The van der Waals surface area contributed by atoms with Crippen LogP contribution in [0.4, 0.5) is 4.39 Å². The highest BCUT2D eigenvalue weighted by Crippen LogP contribution is 2.25. The Kier molecular flexibility index (Phi) is 4.01. The van der Waals surface area contributed by atoms with Gasteiger partial charge in [0.25, 0.3) is 0 Å². The van der Waals surface area contributed by atoms with E-state index in [0.717, 1.165) is 11.1 Å². The quantitative estimate of drug-likeness (QED) is 0.826.